The van der Waals surface area contributed by atoms with Crippen molar-refractivity contribution in [1.29, 1.82) is 0 Å². The van der Waals surface area contributed by atoms with Crippen LogP contribution in [0, 0.1) is 0 Å². The molecule has 0 saturated carbocycles. The van der Waals surface area contributed by atoms with Crippen LogP contribution >= 0.6 is 0 Å². The van der Waals surface area contributed by atoms with E-state index >= 15 is 0 Å². The van der Waals surface area contributed by atoms with Gasteiger partial charge in [0.05, 0.1) is 10.0 Å². The Balaban J connectivity index is 3.01. The Kier molecular flexibility index (Phi) is 6.37. The van der Waals surface area contributed by atoms with Crippen LogP contribution in [0.4, 0.5) is 0 Å². The molecule has 7 heteroatoms. The summed E-state index contributed by atoms with van der Waals surface area (Å²) in [6.07, 6.45) is 4.99. The monoisotopic (exact) mass is 332 g/mol. The molecule has 0 unspecified atom stereocenters. The minimum absolute atomic E-state index is 0.0941. The van der Waals surface area contributed by atoms with E-state index in [1.807, 2.05) is 0 Å². The zero-order valence-electron chi connectivity index (χ0n) is 12.6. The van der Waals surface area contributed by atoms with E-state index in [2.05, 4.69) is 18.0 Å². The Morgan fingerprint density at radius 2 is 1.43 bits per heavy atom. The standard InChI is InChI=1S/C14H22NO4S2/c1-4-6-12(7-5-2)13-8-10-14(11-9-13)21(18,19)15-20(3,16)17/h8-12H,4-7H2,1-3H3/q-1. The summed E-state index contributed by atoms with van der Waals surface area (Å²) >= 11 is 0. The van der Waals surface area contributed by atoms with Gasteiger partial charge in [-0.2, -0.15) is 0 Å². The Labute approximate surface area is 127 Å². The van der Waals surface area contributed by atoms with Gasteiger partial charge in [0.15, 0.2) is 0 Å². The predicted molar refractivity (Wildman–Crippen MR) is 84.4 cm³/mol. The largest absolute Gasteiger partial charge is 0.432 e. The molecule has 0 aliphatic rings. The van der Waals surface area contributed by atoms with Crippen LogP contribution in [0.25, 0.3) is 4.13 Å². The normalized spacial score (nSPS) is 12.8. The maximum atomic E-state index is 11.8. The van der Waals surface area contributed by atoms with E-state index in [1.165, 1.54) is 12.1 Å². The van der Waals surface area contributed by atoms with Crippen molar-refractivity contribution in [2.75, 3.05) is 6.26 Å². The fourth-order valence-corrected chi connectivity index (χ4v) is 4.56. The second-order valence-electron chi connectivity index (χ2n) is 5.13. The van der Waals surface area contributed by atoms with Crippen molar-refractivity contribution in [3.63, 3.8) is 0 Å². The van der Waals surface area contributed by atoms with Gasteiger partial charge in [-0.3, -0.25) is 0 Å². The first-order valence-corrected chi connectivity index (χ1v) is 10.3. The Hall–Kier alpha value is -0.920. The van der Waals surface area contributed by atoms with E-state index in [9.17, 15) is 16.8 Å². The summed E-state index contributed by atoms with van der Waals surface area (Å²) in [6.45, 7) is 4.24. The molecule has 0 aliphatic heterocycles. The zero-order valence-corrected chi connectivity index (χ0v) is 14.2. The number of nitrogens with zero attached hydrogens (tertiary/aromatic N) is 1. The molecule has 21 heavy (non-hydrogen) atoms. The number of hydrogen-bond donors (Lipinski definition) is 0. The molecule has 0 saturated heterocycles. The summed E-state index contributed by atoms with van der Waals surface area (Å²) in [5, 5.41) is 0. The van der Waals surface area contributed by atoms with Crippen LogP contribution < -0.4 is 0 Å². The average Bonchev–Trinajstić information content (AvgIpc) is 2.36. The molecule has 1 aromatic rings. The Morgan fingerprint density at radius 1 is 0.952 bits per heavy atom. The summed E-state index contributed by atoms with van der Waals surface area (Å²) in [5.41, 5.74) is 1.08. The highest BCUT2D eigenvalue weighted by Gasteiger charge is 2.12. The number of benzene rings is 1. The summed E-state index contributed by atoms with van der Waals surface area (Å²) in [4.78, 5) is -0.0941. The van der Waals surface area contributed by atoms with Crippen LogP contribution in [0.5, 0.6) is 0 Å². The maximum absolute atomic E-state index is 11.8. The van der Waals surface area contributed by atoms with Crippen LogP contribution in [-0.4, -0.2) is 23.1 Å². The fourth-order valence-electron chi connectivity index (χ4n) is 2.31. The van der Waals surface area contributed by atoms with Gasteiger partial charge >= 0.3 is 0 Å². The van der Waals surface area contributed by atoms with Gasteiger partial charge in [0, 0.05) is 11.2 Å². The minimum atomic E-state index is -4.15. The highest BCUT2D eigenvalue weighted by molar-refractivity contribution is 8.11. The number of rotatable bonds is 8. The summed E-state index contributed by atoms with van der Waals surface area (Å²) < 4.78 is 48.6. The quantitative estimate of drug-likeness (QED) is 0.730. The first-order chi connectivity index (χ1) is 9.69. The van der Waals surface area contributed by atoms with Gasteiger partial charge in [-0.1, -0.05) is 38.8 Å². The van der Waals surface area contributed by atoms with Gasteiger partial charge in [-0.15, -0.1) is 0 Å². The Morgan fingerprint density at radius 3 is 1.81 bits per heavy atom. The SMILES string of the molecule is CCCC(CCC)c1ccc(S(=O)(=O)[N-]S(C)(=O)=O)cc1. The smallest absolute Gasteiger partial charge is 0.112 e. The van der Waals surface area contributed by atoms with Gasteiger partial charge in [0.25, 0.3) is 0 Å². The van der Waals surface area contributed by atoms with Crippen LogP contribution in [0.15, 0.2) is 29.2 Å². The first kappa shape index (κ1) is 18.1. The van der Waals surface area contributed by atoms with Gasteiger partial charge in [-0.05, 0) is 36.5 Å². The summed E-state index contributed by atoms with van der Waals surface area (Å²) in [6, 6.07) is 6.36. The second-order valence-corrected chi connectivity index (χ2v) is 8.61. The van der Waals surface area contributed by atoms with Gasteiger partial charge in [0.1, 0.15) is 10.0 Å². The number of sulfonamides is 2. The fraction of sp³-hybridized carbons (Fsp3) is 0.571. The molecule has 5 nitrogen and oxygen atoms in total. The van der Waals surface area contributed by atoms with Crippen LogP contribution in [-0.2, 0) is 20.0 Å². The molecule has 0 bridgehead atoms. The Bertz CT molecular complexity index is 643. The molecule has 0 fully saturated rings. The van der Waals surface area contributed by atoms with Gasteiger partial charge in [0.2, 0.25) is 0 Å². The molecule has 0 N–H and O–H groups in total. The van der Waals surface area contributed by atoms with Gasteiger partial charge in [-0.25, -0.2) is 16.8 Å². The van der Waals surface area contributed by atoms with Crippen LogP contribution in [0.1, 0.15) is 51.0 Å². The summed E-state index contributed by atoms with van der Waals surface area (Å²) in [7, 11) is -8.08. The van der Waals surface area contributed by atoms with Gasteiger partial charge < -0.3 is 4.13 Å². The topological polar surface area (TPSA) is 82.4 Å². The van der Waals surface area contributed by atoms with E-state index in [-0.39, 0.29) is 4.90 Å². The molecule has 0 radical (unpaired) electrons. The molecule has 0 atom stereocenters. The van der Waals surface area contributed by atoms with Crippen molar-refractivity contribution >= 4 is 20.0 Å². The van der Waals surface area contributed by atoms with Crippen molar-refractivity contribution in [1.82, 2.24) is 0 Å². The minimum Gasteiger partial charge on any atom is -0.432 e. The third-order valence-corrected chi connectivity index (χ3v) is 5.89. The first-order valence-electron chi connectivity index (χ1n) is 6.98. The van der Waals surface area contributed by atoms with Crippen LogP contribution in [0.3, 0.4) is 0 Å². The third kappa shape index (κ3) is 5.76. The van der Waals surface area contributed by atoms with Crippen LogP contribution in [0.2, 0.25) is 0 Å². The zero-order chi connectivity index (χ0) is 16.1. The molecule has 0 aromatic heterocycles. The molecule has 0 aliphatic carbocycles. The van der Waals surface area contributed by atoms with Crippen molar-refractivity contribution in [2.45, 2.75) is 50.3 Å². The highest BCUT2D eigenvalue weighted by Crippen LogP contribution is 2.28. The molecule has 120 valence electrons. The lowest BCUT2D eigenvalue weighted by Crippen LogP contribution is -2.06. The molecule has 0 heterocycles. The number of hydrogen-bond acceptors (Lipinski definition) is 4. The van der Waals surface area contributed by atoms with E-state index in [0.29, 0.717) is 5.92 Å². The molecule has 1 aromatic carbocycles. The van der Waals surface area contributed by atoms with Crippen molar-refractivity contribution < 1.29 is 16.8 Å². The maximum Gasteiger partial charge on any atom is 0.112 e. The molecule has 1 rings (SSSR count). The lowest BCUT2D eigenvalue weighted by molar-refractivity contribution is 0.560. The third-order valence-electron chi connectivity index (χ3n) is 3.16. The van der Waals surface area contributed by atoms with Crippen molar-refractivity contribution in [3.05, 3.63) is 34.0 Å². The lowest BCUT2D eigenvalue weighted by Gasteiger charge is -2.19. The van der Waals surface area contributed by atoms with E-state index in [1.54, 1.807) is 12.1 Å². The predicted octanol–water partition coefficient (Wildman–Crippen LogP) is 3.39. The van der Waals surface area contributed by atoms with Crippen molar-refractivity contribution in [2.24, 2.45) is 0 Å². The van der Waals surface area contributed by atoms with E-state index in [0.717, 1.165) is 37.5 Å². The molecule has 0 spiro atoms. The lowest BCUT2D eigenvalue weighted by atomic mass is 9.90. The molecular formula is C14H22NO4S2-. The van der Waals surface area contributed by atoms with E-state index < -0.39 is 20.0 Å². The second kappa shape index (κ2) is 7.38. The summed E-state index contributed by atoms with van der Waals surface area (Å²) in [5.74, 6) is 0.406. The van der Waals surface area contributed by atoms with E-state index in [4.69, 9.17) is 0 Å². The highest BCUT2D eigenvalue weighted by atomic mass is 32.3. The average molecular weight is 332 g/mol. The molecular weight excluding hydrogens is 310 g/mol. The molecule has 0 amide bonds. The van der Waals surface area contributed by atoms with Crippen molar-refractivity contribution in [3.8, 4) is 0 Å².